The second kappa shape index (κ2) is 6.10. The summed E-state index contributed by atoms with van der Waals surface area (Å²) in [6, 6.07) is 16.2. The zero-order valence-corrected chi connectivity index (χ0v) is 14.8. The maximum Gasteiger partial charge on any atom is 0.119 e. The maximum absolute atomic E-state index is 5.52. The third kappa shape index (κ3) is 2.55. The van der Waals surface area contributed by atoms with Gasteiger partial charge >= 0.3 is 0 Å². The van der Waals surface area contributed by atoms with Crippen LogP contribution in [0.1, 0.15) is 41.5 Å². The van der Waals surface area contributed by atoms with Crippen LogP contribution < -0.4 is 4.74 Å². The van der Waals surface area contributed by atoms with Crippen LogP contribution in [0.2, 0.25) is 0 Å². The number of ether oxygens (including phenoxy) is 1. The SMILES string of the molecule is COc1ccc2c(c1)C1=C(CCC(N(C)C)C1)c1ccccc1C2. The van der Waals surface area contributed by atoms with Gasteiger partial charge in [0.2, 0.25) is 0 Å². The van der Waals surface area contributed by atoms with Crippen molar-refractivity contribution in [1.82, 2.24) is 4.90 Å². The van der Waals surface area contributed by atoms with Crippen LogP contribution in [-0.4, -0.2) is 32.1 Å². The Labute approximate surface area is 144 Å². The van der Waals surface area contributed by atoms with Crippen molar-refractivity contribution in [2.75, 3.05) is 21.2 Å². The lowest BCUT2D eigenvalue weighted by Gasteiger charge is -2.32. The molecule has 0 heterocycles. The second-order valence-electron chi connectivity index (χ2n) is 7.17. The molecule has 0 N–H and O–H groups in total. The smallest absolute Gasteiger partial charge is 0.119 e. The summed E-state index contributed by atoms with van der Waals surface area (Å²) in [7, 11) is 6.16. The van der Waals surface area contributed by atoms with E-state index in [0.717, 1.165) is 25.0 Å². The van der Waals surface area contributed by atoms with Gasteiger partial charge in [-0.05, 0) is 85.3 Å². The number of hydrogen-bond donors (Lipinski definition) is 0. The first-order valence-electron chi connectivity index (χ1n) is 8.81. The fraction of sp³-hybridized carbons (Fsp3) is 0.364. The molecule has 1 unspecified atom stereocenters. The van der Waals surface area contributed by atoms with Crippen LogP contribution in [-0.2, 0) is 6.42 Å². The molecular formula is C22H25NO. The number of fused-ring (bicyclic) bond motifs is 4. The summed E-state index contributed by atoms with van der Waals surface area (Å²) in [6.07, 6.45) is 4.53. The van der Waals surface area contributed by atoms with Gasteiger partial charge in [0.25, 0.3) is 0 Å². The van der Waals surface area contributed by atoms with Crippen molar-refractivity contribution in [3.05, 3.63) is 64.7 Å². The summed E-state index contributed by atoms with van der Waals surface area (Å²) < 4.78 is 5.52. The molecule has 0 aromatic heterocycles. The zero-order valence-electron chi connectivity index (χ0n) is 14.8. The van der Waals surface area contributed by atoms with E-state index in [2.05, 4.69) is 61.5 Å². The van der Waals surface area contributed by atoms with Gasteiger partial charge in [0, 0.05) is 6.04 Å². The highest BCUT2D eigenvalue weighted by molar-refractivity contribution is 5.95. The normalized spacial score (nSPS) is 19.4. The van der Waals surface area contributed by atoms with E-state index in [1.165, 1.54) is 34.2 Å². The molecule has 124 valence electrons. The van der Waals surface area contributed by atoms with Crippen molar-refractivity contribution < 1.29 is 4.74 Å². The molecule has 1 atom stereocenters. The third-order valence-electron chi connectivity index (χ3n) is 5.63. The highest BCUT2D eigenvalue weighted by Crippen LogP contribution is 2.44. The molecule has 2 aliphatic carbocycles. The van der Waals surface area contributed by atoms with Crippen molar-refractivity contribution in [1.29, 1.82) is 0 Å². The fourth-order valence-corrected chi connectivity index (χ4v) is 4.22. The van der Waals surface area contributed by atoms with E-state index in [9.17, 15) is 0 Å². The van der Waals surface area contributed by atoms with Gasteiger partial charge in [-0.3, -0.25) is 0 Å². The molecule has 0 spiro atoms. The van der Waals surface area contributed by atoms with E-state index in [4.69, 9.17) is 4.74 Å². The van der Waals surface area contributed by atoms with Crippen molar-refractivity contribution in [3.8, 4) is 5.75 Å². The number of benzene rings is 2. The lowest BCUT2D eigenvalue weighted by Crippen LogP contribution is -2.30. The maximum atomic E-state index is 5.52. The Kier molecular flexibility index (Phi) is 3.93. The lowest BCUT2D eigenvalue weighted by molar-refractivity contribution is 0.281. The summed E-state index contributed by atoms with van der Waals surface area (Å²) in [4.78, 5) is 2.38. The summed E-state index contributed by atoms with van der Waals surface area (Å²) in [6.45, 7) is 0. The van der Waals surface area contributed by atoms with Gasteiger partial charge in [0.1, 0.15) is 5.75 Å². The second-order valence-corrected chi connectivity index (χ2v) is 7.17. The summed E-state index contributed by atoms with van der Waals surface area (Å²) in [5.41, 5.74) is 8.81. The first kappa shape index (κ1) is 15.5. The minimum Gasteiger partial charge on any atom is -0.497 e. The molecule has 24 heavy (non-hydrogen) atoms. The van der Waals surface area contributed by atoms with Gasteiger partial charge in [0.05, 0.1) is 7.11 Å². The number of allylic oxidation sites excluding steroid dienone is 1. The fourth-order valence-electron chi connectivity index (χ4n) is 4.22. The van der Waals surface area contributed by atoms with E-state index in [-0.39, 0.29) is 0 Å². The number of methoxy groups -OCH3 is 1. The van der Waals surface area contributed by atoms with E-state index in [1.54, 1.807) is 12.7 Å². The van der Waals surface area contributed by atoms with Crippen molar-refractivity contribution >= 4 is 11.1 Å². The Morgan fingerprint density at radius 2 is 1.75 bits per heavy atom. The highest BCUT2D eigenvalue weighted by atomic mass is 16.5. The molecule has 0 bridgehead atoms. The van der Waals surface area contributed by atoms with E-state index in [0.29, 0.717) is 6.04 Å². The first-order valence-corrected chi connectivity index (χ1v) is 8.81. The molecule has 2 nitrogen and oxygen atoms in total. The van der Waals surface area contributed by atoms with Crippen molar-refractivity contribution in [2.45, 2.75) is 31.7 Å². The van der Waals surface area contributed by atoms with Gasteiger partial charge in [-0.2, -0.15) is 0 Å². The van der Waals surface area contributed by atoms with Gasteiger partial charge < -0.3 is 9.64 Å². The predicted molar refractivity (Wildman–Crippen MR) is 100 cm³/mol. The lowest BCUT2D eigenvalue weighted by atomic mass is 9.81. The Balaban J connectivity index is 1.93. The largest absolute Gasteiger partial charge is 0.497 e. The quantitative estimate of drug-likeness (QED) is 0.800. The van der Waals surface area contributed by atoms with Gasteiger partial charge in [0.15, 0.2) is 0 Å². The van der Waals surface area contributed by atoms with Crippen LogP contribution in [0.5, 0.6) is 5.75 Å². The topological polar surface area (TPSA) is 12.5 Å². The Hall–Kier alpha value is -2.06. The number of nitrogens with zero attached hydrogens (tertiary/aromatic N) is 1. The molecule has 2 aliphatic rings. The average Bonchev–Trinajstić information content (AvgIpc) is 2.75. The van der Waals surface area contributed by atoms with Crippen LogP contribution in [0.4, 0.5) is 0 Å². The van der Waals surface area contributed by atoms with E-state index in [1.807, 2.05) is 0 Å². The summed E-state index contributed by atoms with van der Waals surface area (Å²) in [5, 5.41) is 0. The Morgan fingerprint density at radius 3 is 2.54 bits per heavy atom. The molecule has 0 aliphatic heterocycles. The number of rotatable bonds is 2. The molecule has 2 aromatic rings. The van der Waals surface area contributed by atoms with Crippen LogP contribution in [0.3, 0.4) is 0 Å². The van der Waals surface area contributed by atoms with Crippen LogP contribution in [0.15, 0.2) is 42.5 Å². The van der Waals surface area contributed by atoms with Crippen LogP contribution in [0, 0.1) is 0 Å². The van der Waals surface area contributed by atoms with E-state index < -0.39 is 0 Å². The van der Waals surface area contributed by atoms with E-state index >= 15 is 0 Å². The molecule has 0 saturated heterocycles. The van der Waals surface area contributed by atoms with Crippen LogP contribution in [0.25, 0.3) is 11.1 Å². The standard InChI is InChI=1S/C22H25NO/c1-23(2)17-9-11-20-19-7-5-4-6-15(19)12-16-8-10-18(24-3)14-21(16)22(20)13-17/h4-8,10,14,17H,9,11-13H2,1-3H3. The molecule has 0 fully saturated rings. The molecule has 0 saturated carbocycles. The molecule has 2 aromatic carbocycles. The van der Waals surface area contributed by atoms with Gasteiger partial charge in [-0.15, -0.1) is 0 Å². The number of hydrogen-bond acceptors (Lipinski definition) is 2. The van der Waals surface area contributed by atoms with Gasteiger partial charge in [-0.25, -0.2) is 0 Å². The Morgan fingerprint density at radius 1 is 0.958 bits per heavy atom. The molecule has 2 heteroatoms. The zero-order chi connectivity index (χ0) is 16.7. The van der Waals surface area contributed by atoms with Gasteiger partial charge in [-0.1, -0.05) is 30.3 Å². The first-order chi connectivity index (χ1) is 11.7. The minimum atomic E-state index is 0.619. The highest BCUT2D eigenvalue weighted by Gasteiger charge is 2.28. The molecule has 0 radical (unpaired) electrons. The monoisotopic (exact) mass is 319 g/mol. The molecular weight excluding hydrogens is 294 g/mol. The molecule has 4 rings (SSSR count). The summed E-state index contributed by atoms with van der Waals surface area (Å²) in [5.74, 6) is 0.957. The minimum absolute atomic E-state index is 0.619. The molecule has 0 amide bonds. The van der Waals surface area contributed by atoms with Crippen LogP contribution >= 0.6 is 0 Å². The third-order valence-corrected chi connectivity index (χ3v) is 5.63. The average molecular weight is 319 g/mol. The summed E-state index contributed by atoms with van der Waals surface area (Å²) >= 11 is 0. The van der Waals surface area contributed by atoms with Crippen molar-refractivity contribution in [3.63, 3.8) is 0 Å². The Bertz CT molecular complexity index is 803. The van der Waals surface area contributed by atoms with Crippen molar-refractivity contribution in [2.24, 2.45) is 0 Å². The predicted octanol–water partition coefficient (Wildman–Crippen LogP) is 4.62.